The van der Waals surface area contributed by atoms with Crippen molar-refractivity contribution in [3.63, 3.8) is 0 Å². The summed E-state index contributed by atoms with van der Waals surface area (Å²) < 4.78 is 5.11. The fourth-order valence-electron chi connectivity index (χ4n) is 3.03. The van der Waals surface area contributed by atoms with Gasteiger partial charge in [-0.05, 0) is 50.5 Å². The van der Waals surface area contributed by atoms with Crippen LogP contribution in [0, 0.1) is 0 Å². The van der Waals surface area contributed by atoms with Crippen molar-refractivity contribution in [2.45, 2.75) is 45.3 Å². The predicted molar refractivity (Wildman–Crippen MR) is 130 cm³/mol. The Labute approximate surface area is 204 Å². The van der Waals surface area contributed by atoms with Crippen LogP contribution in [0.5, 0.6) is 0 Å². The van der Waals surface area contributed by atoms with Gasteiger partial charge >= 0.3 is 6.09 Å². The number of rotatable bonds is 10. The summed E-state index contributed by atoms with van der Waals surface area (Å²) in [5, 5.41) is 16.6. The topological polar surface area (TPSA) is 146 Å². The Morgan fingerprint density at radius 1 is 0.914 bits per heavy atom. The molecule has 2 aromatic rings. The number of carbonyl (C=O) groups excluding carboxylic acids is 4. The van der Waals surface area contributed by atoms with Crippen LogP contribution >= 0.6 is 0 Å². The Hall–Kier alpha value is -3.92. The number of carbonyl (C=O) groups is 4. The molecule has 188 valence electrons. The van der Waals surface area contributed by atoms with Gasteiger partial charge in [-0.25, -0.2) is 10.3 Å². The van der Waals surface area contributed by atoms with Crippen LogP contribution in [0.15, 0.2) is 54.6 Å². The maximum Gasteiger partial charge on any atom is 0.407 e. The van der Waals surface area contributed by atoms with Crippen molar-refractivity contribution in [1.29, 1.82) is 0 Å². The van der Waals surface area contributed by atoms with Gasteiger partial charge in [0.2, 0.25) is 5.91 Å². The molecule has 10 nitrogen and oxygen atoms in total. The molecular formula is C25H32N4O6. The zero-order valence-corrected chi connectivity index (χ0v) is 20.1. The lowest BCUT2D eigenvalue weighted by Gasteiger charge is -2.19. The zero-order chi connectivity index (χ0) is 25.8. The van der Waals surface area contributed by atoms with Gasteiger partial charge in [-0.1, -0.05) is 42.5 Å². The smallest absolute Gasteiger partial charge is 0.407 e. The van der Waals surface area contributed by atoms with Crippen LogP contribution in [-0.2, 0) is 14.3 Å². The highest BCUT2D eigenvalue weighted by Crippen LogP contribution is 2.19. The van der Waals surface area contributed by atoms with E-state index in [2.05, 4.69) is 16.0 Å². The highest BCUT2D eigenvalue weighted by molar-refractivity contribution is 5.98. The zero-order valence-electron chi connectivity index (χ0n) is 20.1. The molecule has 0 fully saturated rings. The van der Waals surface area contributed by atoms with Gasteiger partial charge in [0.15, 0.2) is 0 Å². The molecule has 0 spiro atoms. The number of alkyl carbamates (subject to hydrolysis) is 1. The second-order valence-corrected chi connectivity index (χ2v) is 8.78. The van der Waals surface area contributed by atoms with Crippen LogP contribution in [-0.4, -0.2) is 53.8 Å². The van der Waals surface area contributed by atoms with Crippen molar-refractivity contribution >= 4 is 23.8 Å². The molecule has 2 aromatic carbocycles. The van der Waals surface area contributed by atoms with E-state index in [-0.39, 0.29) is 25.4 Å². The van der Waals surface area contributed by atoms with Crippen molar-refractivity contribution in [1.82, 2.24) is 21.4 Å². The normalized spacial score (nSPS) is 11.7. The summed E-state index contributed by atoms with van der Waals surface area (Å²) >= 11 is 0. The van der Waals surface area contributed by atoms with Gasteiger partial charge in [0.25, 0.3) is 11.8 Å². The lowest BCUT2D eigenvalue weighted by Crippen LogP contribution is -2.52. The second kappa shape index (κ2) is 13.1. The molecule has 0 bridgehead atoms. The summed E-state index contributed by atoms with van der Waals surface area (Å²) in [6, 6.07) is 15.3. The number of nitrogens with one attached hydrogen (secondary N) is 4. The van der Waals surface area contributed by atoms with Crippen molar-refractivity contribution in [2.75, 3.05) is 13.1 Å². The predicted octanol–water partition coefficient (Wildman–Crippen LogP) is 2.38. The van der Waals surface area contributed by atoms with Gasteiger partial charge in [0.1, 0.15) is 11.6 Å². The molecule has 0 saturated carbocycles. The van der Waals surface area contributed by atoms with Crippen molar-refractivity contribution in [3.8, 4) is 11.1 Å². The first kappa shape index (κ1) is 27.3. The highest BCUT2D eigenvalue weighted by Gasteiger charge is 2.22. The Kier molecular flexibility index (Phi) is 10.2. The molecule has 2 rings (SSSR count). The Morgan fingerprint density at radius 3 is 2.14 bits per heavy atom. The van der Waals surface area contributed by atoms with E-state index in [1.54, 1.807) is 45.0 Å². The third-order valence-corrected chi connectivity index (χ3v) is 4.74. The Balaban J connectivity index is 1.82. The van der Waals surface area contributed by atoms with E-state index in [0.717, 1.165) is 11.1 Å². The number of hydrogen-bond acceptors (Lipinski definition) is 6. The SMILES string of the molecule is CC(C)(C)OC(=O)NCCCC(=O)NC[C@H](NC(=O)c1ccc(-c2ccccc2)cc1)C(=O)NO. The fourth-order valence-corrected chi connectivity index (χ4v) is 3.03. The number of hydrogen-bond donors (Lipinski definition) is 5. The van der Waals surface area contributed by atoms with Gasteiger partial charge in [-0.2, -0.15) is 0 Å². The van der Waals surface area contributed by atoms with E-state index >= 15 is 0 Å². The number of amides is 4. The minimum Gasteiger partial charge on any atom is -0.444 e. The summed E-state index contributed by atoms with van der Waals surface area (Å²) in [7, 11) is 0. The van der Waals surface area contributed by atoms with E-state index in [4.69, 9.17) is 9.94 Å². The van der Waals surface area contributed by atoms with Crippen molar-refractivity contribution in [3.05, 3.63) is 60.2 Å². The largest absolute Gasteiger partial charge is 0.444 e. The molecule has 0 unspecified atom stereocenters. The summed E-state index contributed by atoms with van der Waals surface area (Å²) in [6.07, 6.45) is -0.141. The molecule has 0 radical (unpaired) electrons. The van der Waals surface area contributed by atoms with Crippen LogP contribution in [0.3, 0.4) is 0 Å². The standard InChI is InChI=1S/C25H32N4O6/c1-25(2,3)35-24(33)26-15-7-10-21(30)27-16-20(23(32)29-34)28-22(31)19-13-11-18(12-14-19)17-8-5-4-6-9-17/h4-6,8-9,11-14,20,34H,7,10,15-16H2,1-3H3,(H,26,33)(H,27,30)(H,28,31)(H,29,32)/t20-/m0/s1. The number of ether oxygens (including phenoxy) is 1. The molecule has 5 N–H and O–H groups in total. The first-order chi connectivity index (χ1) is 16.6. The van der Waals surface area contributed by atoms with Crippen molar-refractivity contribution in [2.24, 2.45) is 0 Å². The third-order valence-electron chi connectivity index (χ3n) is 4.74. The lowest BCUT2D eigenvalue weighted by molar-refractivity contribution is -0.131. The molecule has 4 amide bonds. The van der Waals surface area contributed by atoms with Gasteiger partial charge in [-0.3, -0.25) is 19.6 Å². The van der Waals surface area contributed by atoms with Crippen LogP contribution < -0.4 is 21.4 Å². The van der Waals surface area contributed by atoms with Gasteiger partial charge in [0, 0.05) is 25.1 Å². The molecule has 0 heterocycles. The monoisotopic (exact) mass is 484 g/mol. The van der Waals surface area contributed by atoms with Crippen LogP contribution in [0.2, 0.25) is 0 Å². The molecule has 0 aliphatic rings. The molecule has 0 aliphatic heterocycles. The fraction of sp³-hybridized carbons (Fsp3) is 0.360. The molecule has 35 heavy (non-hydrogen) atoms. The van der Waals surface area contributed by atoms with Crippen LogP contribution in [0.1, 0.15) is 44.0 Å². The van der Waals surface area contributed by atoms with E-state index in [0.29, 0.717) is 12.0 Å². The molecule has 0 aromatic heterocycles. The summed E-state index contributed by atoms with van der Waals surface area (Å²) in [4.78, 5) is 48.3. The molecule has 1 atom stereocenters. The molecule has 10 heteroatoms. The van der Waals surface area contributed by atoms with Gasteiger partial charge < -0.3 is 20.7 Å². The highest BCUT2D eigenvalue weighted by atomic mass is 16.6. The minimum absolute atomic E-state index is 0.0815. The molecule has 0 aliphatic carbocycles. The Morgan fingerprint density at radius 2 is 1.54 bits per heavy atom. The second-order valence-electron chi connectivity index (χ2n) is 8.78. The summed E-state index contributed by atoms with van der Waals surface area (Å²) in [6.45, 7) is 5.25. The third kappa shape index (κ3) is 9.85. The number of hydroxylamine groups is 1. The van der Waals surface area contributed by atoms with Crippen LogP contribution in [0.4, 0.5) is 4.79 Å². The average Bonchev–Trinajstić information content (AvgIpc) is 2.83. The van der Waals surface area contributed by atoms with E-state index in [9.17, 15) is 19.2 Å². The van der Waals surface area contributed by atoms with E-state index < -0.39 is 29.6 Å². The summed E-state index contributed by atoms with van der Waals surface area (Å²) in [5.74, 6) is -1.78. The first-order valence-corrected chi connectivity index (χ1v) is 11.2. The Bertz CT molecular complexity index is 1000. The van der Waals surface area contributed by atoms with Gasteiger partial charge in [0.05, 0.1) is 0 Å². The van der Waals surface area contributed by atoms with Crippen molar-refractivity contribution < 1.29 is 29.1 Å². The van der Waals surface area contributed by atoms with Crippen LogP contribution in [0.25, 0.3) is 11.1 Å². The first-order valence-electron chi connectivity index (χ1n) is 11.2. The number of benzene rings is 2. The maximum atomic E-state index is 12.6. The quantitative estimate of drug-likeness (QED) is 0.199. The van der Waals surface area contributed by atoms with Gasteiger partial charge in [-0.15, -0.1) is 0 Å². The molecular weight excluding hydrogens is 452 g/mol. The minimum atomic E-state index is -1.19. The molecule has 0 saturated heterocycles. The lowest BCUT2D eigenvalue weighted by atomic mass is 10.0. The van der Waals surface area contributed by atoms with E-state index in [1.807, 2.05) is 30.3 Å². The average molecular weight is 485 g/mol. The summed E-state index contributed by atoms with van der Waals surface area (Å²) in [5.41, 5.74) is 3.13. The van der Waals surface area contributed by atoms with E-state index in [1.165, 1.54) is 5.48 Å². The maximum absolute atomic E-state index is 12.6.